The van der Waals surface area contributed by atoms with E-state index in [0.29, 0.717) is 12.5 Å². The van der Waals surface area contributed by atoms with E-state index in [2.05, 4.69) is 15.3 Å². The van der Waals surface area contributed by atoms with Crippen LogP contribution in [0.15, 0.2) is 4.90 Å². The van der Waals surface area contributed by atoms with Gasteiger partial charge in [-0.15, -0.1) is 0 Å². The highest BCUT2D eigenvalue weighted by atomic mass is 35.5. The van der Waals surface area contributed by atoms with E-state index in [9.17, 15) is 4.55 Å². The molecule has 7 heteroatoms. The van der Waals surface area contributed by atoms with Crippen molar-refractivity contribution in [2.45, 2.75) is 11.8 Å². The second kappa shape index (κ2) is 4.68. The molecule has 0 aliphatic carbocycles. The van der Waals surface area contributed by atoms with E-state index in [-0.39, 0.29) is 15.9 Å². The van der Waals surface area contributed by atoms with Crippen LogP contribution in [0, 0.1) is 0 Å². The minimum absolute atomic E-state index is 0.134. The van der Waals surface area contributed by atoms with Gasteiger partial charge in [-0.25, -0.2) is 0 Å². The highest BCUT2D eigenvalue weighted by Crippen LogP contribution is 2.25. The molecule has 5 nitrogen and oxygen atoms in total. The molecule has 0 aromatic carbocycles. The summed E-state index contributed by atoms with van der Waals surface area (Å²) in [7, 11) is 0. The van der Waals surface area contributed by atoms with Gasteiger partial charge in [0.1, 0.15) is 6.26 Å². The first-order valence-corrected chi connectivity index (χ1v) is 5.90. The van der Waals surface area contributed by atoms with Crippen LogP contribution in [0.3, 0.4) is 0 Å². The molecule has 78 valence electrons. The van der Waals surface area contributed by atoms with Crippen LogP contribution in [0.1, 0.15) is 6.92 Å². The van der Waals surface area contributed by atoms with Gasteiger partial charge in [0.2, 0.25) is 10.8 Å². The monoisotopic (exact) mass is 234 g/mol. The van der Waals surface area contributed by atoms with Crippen LogP contribution in [0.5, 0.6) is 0 Å². The quantitative estimate of drug-likeness (QED) is 0.599. The summed E-state index contributed by atoms with van der Waals surface area (Å²) in [4.78, 5) is 8.12. The first kappa shape index (κ1) is 11.4. The minimum atomic E-state index is -1.27. The Balaban J connectivity index is 3.11. The number of aromatic nitrogens is 2. The summed E-state index contributed by atoms with van der Waals surface area (Å²) in [5, 5.41) is 3.00. The molecule has 1 atom stereocenters. The summed E-state index contributed by atoms with van der Waals surface area (Å²) in [6, 6.07) is 0. The number of nitrogens with two attached hydrogens (primary N) is 1. The molecule has 0 amide bonds. The first-order valence-electron chi connectivity index (χ1n) is 3.96. The number of hydrogen-bond donors (Lipinski definition) is 2. The lowest BCUT2D eigenvalue weighted by atomic mass is 10.6. The van der Waals surface area contributed by atoms with Crippen LogP contribution in [0.2, 0.25) is 5.15 Å². The molecule has 14 heavy (non-hydrogen) atoms. The molecule has 1 unspecified atom stereocenters. The third kappa shape index (κ3) is 2.40. The van der Waals surface area contributed by atoms with E-state index < -0.39 is 11.2 Å². The van der Waals surface area contributed by atoms with Gasteiger partial charge in [-0.05, 0) is 18.1 Å². The Morgan fingerprint density at radius 1 is 1.57 bits per heavy atom. The van der Waals surface area contributed by atoms with Crippen molar-refractivity contribution in [1.82, 2.24) is 9.97 Å². The number of halogens is 1. The fourth-order valence-electron chi connectivity index (χ4n) is 0.942. The van der Waals surface area contributed by atoms with Gasteiger partial charge in [0.25, 0.3) is 0 Å². The van der Waals surface area contributed by atoms with Crippen molar-refractivity contribution >= 4 is 34.5 Å². The lowest BCUT2D eigenvalue weighted by Crippen LogP contribution is -2.10. The maximum atomic E-state index is 11.2. The smallest absolute Gasteiger partial charge is 0.231 e. The zero-order chi connectivity index (χ0) is 10.7. The minimum Gasteiger partial charge on any atom is -0.611 e. The molecule has 0 fully saturated rings. The van der Waals surface area contributed by atoms with Crippen molar-refractivity contribution in [3.05, 3.63) is 5.15 Å². The van der Waals surface area contributed by atoms with Gasteiger partial charge in [0.15, 0.2) is 11.0 Å². The zero-order valence-corrected chi connectivity index (χ0v) is 9.45. The molecule has 0 radical (unpaired) electrons. The Morgan fingerprint density at radius 2 is 2.21 bits per heavy atom. The Kier molecular flexibility index (Phi) is 3.79. The van der Waals surface area contributed by atoms with Crippen molar-refractivity contribution in [2.24, 2.45) is 0 Å². The lowest BCUT2D eigenvalue weighted by Gasteiger charge is -2.09. The third-order valence-corrected chi connectivity index (χ3v) is 2.84. The Hall–Kier alpha value is -0.720. The molecular formula is C7H11ClN4OS. The van der Waals surface area contributed by atoms with E-state index in [4.69, 9.17) is 17.3 Å². The van der Waals surface area contributed by atoms with Gasteiger partial charge < -0.3 is 15.6 Å². The van der Waals surface area contributed by atoms with Crippen molar-refractivity contribution in [1.29, 1.82) is 0 Å². The number of nitrogens with zero attached hydrogens (tertiary/aromatic N) is 2. The van der Waals surface area contributed by atoms with E-state index in [1.165, 1.54) is 6.26 Å². The number of hydrogen-bond acceptors (Lipinski definition) is 5. The SMILES string of the molecule is CCNc1nc(N)c([S+](C)[O-])c(Cl)n1. The van der Waals surface area contributed by atoms with Crippen LogP contribution in [-0.2, 0) is 11.2 Å². The van der Waals surface area contributed by atoms with Gasteiger partial charge in [0.05, 0.1) is 0 Å². The van der Waals surface area contributed by atoms with Crippen LogP contribution in [0.25, 0.3) is 0 Å². The summed E-state index contributed by atoms with van der Waals surface area (Å²) >= 11 is 4.53. The molecule has 1 aromatic heterocycles. The molecule has 1 heterocycles. The van der Waals surface area contributed by atoms with Crippen molar-refractivity contribution in [3.8, 4) is 0 Å². The second-order valence-corrected chi connectivity index (χ2v) is 4.21. The molecular weight excluding hydrogens is 224 g/mol. The number of nitrogens with one attached hydrogen (secondary N) is 1. The van der Waals surface area contributed by atoms with Gasteiger partial charge >= 0.3 is 0 Å². The predicted octanol–water partition coefficient (Wildman–Crippen LogP) is 0.881. The normalized spacial score (nSPS) is 12.6. The predicted molar refractivity (Wildman–Crippen MR) is 58.0 cm³/mol. The molecule has 0 aliphatic rings. The van der Waals surface area contributed by atoms with E-state index in [1.54, 1.807) is 0 Å². The standard InChI is InChI=1S/C7H11ClN4OS/c1-3-10-7-11-5(8)4(14(2)13)6(9)12-7/h3H2,1-2H3,(H3,9,10,11,12). The third-order valence-electron chi connectivity index (χ3n) is 1.47. The Bertz CT molecular complexity index is 310. The maximum absolute atomic E-state index is 11.2. The molecule has 0 aliphatic heterocycles. The van der Waals surface area contributed by atoms with Crippen LogP contribution >= 0.6 is 11.6 Å². The number of rotatable bonds is 3. The second-order valence-electron chi connectivity index (χ2n) is 2.54. The lowest BCUT2D eigenvalue weighted by molar-refractivity contribution is 0.600. The summed E-state index contributed by atoms with van der Waals surface area (Å²) in [5.41, 5.74) is 5.58. The van der Waals surface area contributed by atoms with E-state index >= 15 is 0 Å². The topological polar surface area (TPSA) is 86.9 Å². The van der Waals surface area contributed by atoms with Crippen LogP contribution in [-0.4, -0.2) is 27.3 Å². The molecule has 0 spiro atoms. The average molecular weight is 235 g/mol. The fraction of sp³-hybridized carbons (Fsp3) is 0.429. The highest BCUT2D eigenvalue weighted by molar-refractivity contribution is 7.91. The fourth-order valence-corrected chi connectivity index (χ4v) is 2.07. The van der Waals surface area contributed by atoms with Crippen LogP contribution < -0.4 is 11.1 Å². The summed E-state index contributed by atoms with van der Waals surface area (Å²) in [5.74, 6) is 0.506. The van der Waals surface area contributed by atoms with E-state index in [0.717, 1.165) is 0 Å². The number of nitrogen functional groups attached to an aromatic ring is 1. The summed E-state index contributed by atoms with van der Waals surface area (Å²) in [6.45, 7) is 2.57. The Labute approximate surface area is 90.3 Å². The van der Waals surface area contributed by atoms with Crippen molar-refractivity contribution in [2.75, 3.05) is 23.9 Å². The molecule has 1 rings (SSSR count). The van der Waals surface area contributed by atoms with Crippen molar-refractivity contribution < 1.29 is 4.55 Å². The summed E-state index contributed by atoms with van der Waals surface area (Å²) < 4.78 is 11.2. The average Bonchev–Trinajstić information content (AvgIpc) is 2.01. The molecule has 3 N–H and O–H groups in total. The van der Waals surface area contributed by atoms with E-state index in [1.807, 2.05) is 6.92 Å². The van der Waals surface area contributed by atoms with Gasteiger partial charge in [-0.3, -0.25) is 0 Å². The zero-order valence-electron chi connectivity index (χ0n) is 7.87. The summed E-state index contributed by atoms with van der Waals surface area (Å²) in [6.07, 6.45) is 1.48. The molecule has 1 aromatic rings. The van der Waals surface area contributed by atoms with Crippen molar-refractivity contribution in [3.63, 3.8) is 0 Å². The molecule has 0 bridgehead atoms. The number of anilines is 2. The van der Waals surface area contributed by atoms with Crippen LogP contribution in [0.4, 0.5) is 11.8 Å². The van der Waals surface area contributed by atoms with Gasteiger partial charge in [-0.2, -0.15) is 9.97 Å². The van der Waals surface area contributed by atoms with Gasteiger partial charge in [0, 0.05) is 6.54 Å². The Morgan fingerprint density at radius 3 is 2.64 bits per heavy atom. The maximum Gasteiger partial charge on any atom is 0.231 e. The molecule has 0 saturated carbocycles. The van der Waals surface area contributed by atoms with Gasteiger partial charge in [-0.1, -0.05) is 11.6 Å². The first-order chi connectivity index (χ1) is 6.56. The largest absolute Gasteiger partial charge is 0.611 e. The molecule has 0 saturated heterocycles. The highest BCUT2D eigenvalue weighted by Gasteiger charge is 2.18.